The summed E-state index contributed by atoms with van der Waals surface area (Å²) in [5.41, 5.74) is 8.60. The van der Waals surface area contributed by atoms with Crippen LogP contribution in [0.4, 0.5) is 0 Å². The Labute approximate surface area is 296 Å². The van der Waals surface area contributed by atoms with Crippen LogP contribution in [0.25, 0.3) is 93.6 Å². The molecule has 11 rings (SSSR count). The number of nitrogens with zero attached hydrogens (tertiary/aromatic N) is 6. The molecular weight excluding hydrogens is 645 g/mol. The summed E-state index contributed by atoms with van der Waals surface area (Å²) in [4.78, 5) is 21.6. The Hall–Kier alpha value is -6.44. The predicted molar refractivity (Wildman–Crippen MR) is 210 cm³/mol. The van der Waals surface area contributed by atoms with Gasteiger partial charge in [-0.2, -0.15) is 9.97 Å². The fourth-order valence-corrected chi connectivity index (χ4v) is 8.81. The summed E-state index contributed by atoms with van der Waals surface area (Å²) >= 11 is 1.76. The molecule has 240 valence electrons. The number of hydrogen-bond acceptors (Lipinski definition) is 5. The summed E-state index contributed by atoms with van der Waals surface area (Å²) in [7, 11) is 0. The molecule has 0 fully saturated rings. The fraction of sp³-hybridized carbons (Fsp3) is 0.0455. The molecule has 1 aliphatic rings. The third kappa shape index (κ3) is 4.35. The Kier molecular flexibility index (Phi) is 6.15. The molecular formula is C44H28N6S. The molecule has 5 heterocycles. The van der Waals surface area contributed by atoms with Crippen LogP contribution >= 0.6 is 11.3 Å². The van der Waals surface area contributed by atoms with E-state index in [4.69, 9.17) is 19.9 Å². The van der Waals surface area contributed by atoms with Crippen LogP contribution in [0.5, 0.6) is 0 Å². The highest BCUT2D eigenvalue weighted by molar-refractivity contribution is 7.25. The van der Waals surface area contributed by atoms with Gasteiger partial charge >= 0.3 is 0 Å². The summed E-state index contributed by atoms with van der Waals surface area (Å²) in [6.45, 7) is 0. The molecule has 0 atom stereocenters. The summed E-state index contributed by atoms with van der Waals surface area (Å²) in [6.07, 6.45) is 6.41. The van der Waals surface area contributed by atoms with Gasteiger partial charge in [-0.25, -0.2) is 9.97 Å². The van der Waals surface area contributed by atoms with Crippen LogP contribution in [-0.2, 0) is 6.42 Å². The zero-order chi connectivity index (χ0) is 33.5. The van der Waals surface area contributed by atoms with E-state index in [1.54, 1.807) is 11.3 Å². The Bertz CT molecular complexity index is 2970. The molecule has 0 unspecified atom stereocenters. The standard InChI is InChI=1S/C44H28N6S/c1-3-13-27(14-4-1)40-45-41(28-15-5-2-6-16-28)47-44(46-40)50-37-21-11-7-17-30(37)33-25-29(23-24-38(33)50)49-36-20-10-8-18-31(36)34-26-35-32-19-9-12-22-39(32)51-43(35)48-42(34)49/h1-6,8-16,18-26H,7,17H2. The molecule has 0 amide bonds. The first-order valence-corrected chi connectivity index (χ1v) is 18.0. The van der Waals surface area contributed by atoms with E-state index in [2.05, 4.69) is 118 Å². The van der Waals surface area contributed by atoms with Crippen LogP contribution in [0.15, 0.2) is 140 Å². The molecule has 0 saturated heterocycles. The molecule has 0 radical (unpaired) electrons. The van der Waals surface area contributed by atoms with E-state index in [1.165, 1.54) is 31.8 Å². The van der Waals surface area contributed by atoms with E-state index < -0.39 is 0 Å². The van der Waals surface area contributed by atoms with Crippen LogP contribution in [0.3, 0.4) is 0 Å². The van der Waals surface area contributed by atoms with Crippen molar-refractivity contribution in [3.8, 4) is 34.4 Å². The van der Waals surface area contributed by atoms with E-state index in [0.29, 0.717) is 17.6 Å². The average molecular weight is 673 g/mol. The number of aromatic nitrogens is 6. The zero-order valence-electron chi connectivity index (χ0n) is 27.4. The van der Waals surface area contributed by atoms with E-state index in [-0.39, 0.29) is 0 Å². The van der Waals surface area contributed by atoms with Crippen LogP contribution in [0.2, 0.25) is 0 Å². The van der Waals surface area contributed by atoms with Gasteiger partial charge in [-0.3, -0.25) is 9.13 Å². The second kappa shape index (κ2) is 11.0. The smallest absolute Gasteiger partial charge is 0.238 e. The molecule has 6 nitrogen and oxygen atoms in total. The van der Waals surface area contributed by atoms with Gasteiger partial charge in [-0.15, -0.1) is 11.3 Å². The van der Waals surface area contributed by atoms with Gasteiger partial charge in [0.1, 0.15) is 10.5 Å². The SMILES string of the molecule is C1=Cc2c(c3cc(-n4c5ccccc5c5cc6c(nc54)sc4ccccc46)ccc3n2-c2nc(-c3ccccc3)nc(-c3ccccc3)n2)CC1. The lowest BCUT2D eigenvalue weighted by molar-refractivity contribution is 0.902. The molecule has 1 aliphatic carbocycles. The van der Waals surface area contributed by atoms with Crippen molar-refractivity contribution >= 4 is 70.6 Å². The molecule has 0 N–H and O–H groups in total. The van der Waals surface area contributed by atoms with Gasteiger partial charge in [0.2, 0.25) is 5.95 Å². The Morgan fingerprint density at radius 3 is 2.00 bits per heavy atom. The van der Waals surface area contributed by atoms with E-state index in [1.807, 2.05) is 36.4 Å². The first-order valence-electron chi connectivity index (χ1n) is 17.2. The van der Waals surface area contributed by atoms with Gasteiger partial charge in [0, 0.05) is 48.4 Å². The Morgan fingerprint density at radius 1 is 0.529 bits per heavy atom. The van der Waals surface area contributed by atoms with Crippen molar-refractivity contribution in [2.24, 2.45) is 0 Å². The number of benzene rings is 5. The van der Waals surface area contributed by atoms with Gasteiger partial charge in [0.15, 0.2) is 11.6 Å². The number of pyridine rings is 1. The Balaban J connectivity index is 1.16. The van der Waals surface area contributed by atoms with Gasteiger partial charge in [0.05, 0.1) is 16.7 Å². The van der Waals surface area contributed by atoms with Crippen molar-refractivity contribution in [1.82, 2.24) is 29.1 Å². The van der Waals surface area contributed by atoms with Crippen molar-refractivity contribution in [1.29, 1.82) is 0 Å². The molecule has 0 saturated carbocycles. The van der Waals surface area contributed by atoms with E-state index in [9.17, 15) is 0 Å². The molecule has 0 aliphatic heterocycles. The summed E-state index contributed by atoms with van der Waals surface area (Å²) < 4.78 is 5.81. The van der Waals surface area contributed by atoms with Crippen LogP contribution < -0.4 is 0 Å². The number of fused-ring (bicyclic) bond motifs is 9. The molecule has 0 spiro atoms. The number of para-hydroxylation sites is 1. The van der Waals surface area contributed by atoms with Crippen LogP contribution in [-0.4, -0.2) is 29.1 Å². The predicted octanol–water partition coefficient (Wildman–Crippen LogP) is 11.0. The topological polar surface area (TPSA) is 61.4 Å². The normalized spacial score (nSPS) is 12.9. The Morgan fingerprint density at radius 2 is 1.22 bits per heavy atom. The van der Waals surface area contributed by atoms with Gasteiger partial charge < -0.3 is 0 Å². The third-order valence-corrected chi connectivity index (χ3v) is 11.2. The fourth-order valence-electron chi connectivity index (χ4n) is 7.76. The molecule has 5 aromatic carbocycles. The van der Waals surface area contributed by atoms with E-state index >= 15 is 0 Å². The minimum absolute atomic E-state index is 0.610. The number of rotatable bonds is 4. The first-order chi connectivity index (χ1) is 25.3. The minimum Gasteiger partial charge on any atom is -0.294 e. The summed E-state index contributed by atoms with van der Waals surface area (Å²) in [5, 5.41) is 6.03. The number of allylic oxidation sites excluding steroid dienone is 1. The monoisotopic (exact) mass is 672 g/mol. The highest BCUT2D eigenvalue weighted by atomic mass is 32.1. The third-order valence-electron chi connectivity index (χ3n) is 10.1. The lowest BCUT2D eigenvalue weighted by atomic mass is 10.0. The van der Waals surface area contributed by atoms with Crippen molar-refractivity contribution in [3.63, 3.8) is 0 Å². The number of thiophene rings is 1. The second-order valence-corrected chi connectivity index (χ2v) is 14.1. The zero-order valence-corrected chi connectivity index (χ0v) is 28.2. The second-order valence-electron chi connectivity index (χ2n) is 13.0. The van der Waals surface area contributed by atoms with E-state index in [0.717, 1.165) is 62.2 Å². The lowest BCUT2D eigenvalue weighted by Crippen LogP contribution is -2.08. The van der Waals surface area contributed by atoms with Crippen molar-refractivity contribution in [2.45, 2.75) is 12.8 Å². The first kappa shape index (κ1) is 28.4. The molecule has 51 heavy (non-hydrogen) atoms. The lowest BCUT2D eigenvalue weighted by Gasteiger charge is -2.13. The van der Waals surface area contributed by atoms with Gasteiger partial charge in [-0.1, -0.05) is 103 Å². The largest absolute Gasteiger partial charge is 0.294 e. The van der Waals surface area contributed by atoms with Crippen molar-refractivity contribution in [2.75, 3.05) is 0 Å². The molecule has 10 aromatic rings. The molecule has 0 bridgehead atoms. The maximum atomic E-state index is 5.36. The van der Waals surface area contributed by atoms with Crippen molar-refractivity contribution in [3.05, 3.63) is 151 Å². The number of aryl methyl sites for hydroxylation is 1. The highest BCUT2D eigenvalue weighted by Crippen LogP contribution is 2.40. The average Bonchev–Trinajstić information content (AvgIpc) is 3.84. The van der Waals surface area contributed by atoms with Gasteiger partial charge in [-0.05, 0) is 60.9 Å². The maximum Gasteiger partial charge on any atom is 0.238 e. The molecule has 7 heteroatoms. The summed E-state index contributed by atoms with van der Waals surface area (Å²) in [5.74, 6) is 1.91. The quantitative estimate of drug-likeness (QED) is 0.187. The van der Waals surface area contributed by atoms with Crippen LogP contribution in [0, 0.1) is 0 Å². The summed E-state index contributed by atoms with van der Waals surface area (Å²) in [6, 6.07) is 46.7. The van der Waals surface area contributed by atoms with Gasteiger partial charge in [0.25, 0.3) is 0 Å². The number of hydrogen-bond donors (Lipinski definition) is 0. The minimum atomic E-state index is 0.610. The molecule has 5 aromatic heterocycles. The van der Waals surface area contributed by atoms with Crippen LogP contribution in [0.1, 0.15) is 17.7 Å². The van der Waals surface area contributed by atoms with Crippen molar-refractivity contribution < 1.29 is 0 Å². The highest BCUT2D eigenvalue weighted by Gasteiger charge is 2.24. The maximum absolute atomic E-state index is 5.36.